The van der Waals surface area contributed by atoms with Crippen molar-refractivity contribution < 1.29 is 14.3 Å². The number of aromatic nitrogens is 3. The lowest BCUT2D eigenvalue weighted by molar-refractivity contribution is -0.136. The Balaban J connectivity index is 1.54. The number of aryl methyl sites for hydroxylation is 1. The number of hydrogen-bond acceptors (Lipinski definition) is 4. The van der Waals surface area contributed by atoms with Crippen molar-refractivity contribution in [3.8, 4) is 0 Å². The molecule has 0 N–H and O–H groups in total. The first-order chi connectivity index (χ1) is 11.1. The maximum atomic E-state index is 13.1. The molecule has 5 heterocycles. The molecule has 2 aromatic heterocycles. The van der Waals surface area contributed by atoms with E-state index in [1.165, 1.54) is 0 Å². The predicted molar refractivity (Wildman–Crippen MR) is 78.6 cm³/mol. The number of carbonyl (C=O) groups excluding carboxylic acids is 2. The lowest BCUT2D eigenvalue weighted by Gasteiger charge is -2.31. The number of fused-ring (bicyclic) bond motifs is 1. The molecule has 120 valence electrons. The van der Waals surface area contributed by atoms with Crippen molar-refractivity contribution >= 4 is 17.5 Å². The Morgan fingerprint density at radius 2 is 2.26 bits per heavy atom. The summed E-state index contributed by atoms with van der Waals surface area (Å²) in [6, 6.07) is -0.194. The molecule has 2 aromatic rings. The van der Waals surface area contributed by atoms with E-state index in [1.807, 2.05) is 28.9 Å². The lowest BCUT2D eigenvalue weighted by atomic mass is 10.1. The molecule has 8 nitrogen and oxygen atoms in total. The third-order valence-corrected chi connectivity index (χ3v) is 5.43. The smallest absolute Gasteiger partial charge is 0.259 e. The first-order valence-corrected chi connectivity index (χ1v) is 7.86. The molecule has 0 radical (unpaired) electrons. The summed E-state index contributed by atoms with van der Waals surface area (Å²) in [4.78, 5) is 28.9. The molecule has 23 heavy (non-hydrogen) atoms. The third-order valence-electron chi connectivity index (χ3n) is 5.43. The molecule has 3 fully saturated rings. The number of imidazole rings is 1. The van der Waals surface area contributed by atoms with Gasteiger partial charge in [0, 0.05) is 39.0 Å². The zero-order chi connectivity index (χ0) is 15.8. The van der Waals surface area contributed by atoms with Crippen LogP contribution in [0.2, 0.25) is 0 Å². The summed E-state index contributed by atoms with van der Waals surface area (Å²) in [5, 5.41) is 4.24. The van der Waals surface area contributed by atoms with Crippen LogP contribution < -0.4 is 0 Å². The highest BCUT2D eigenvalue weighted by Gasteiger charge is 2.63. The topological polar surface area (TPSA) is 72.1 Å². The summed E-state index contributed by atoms with van der Waals surface area (Å²) in [5.74, 6) is 0.0119. The van der Waals surface area contributed by atoms with Crippen LogP contribution in [0.3, 0.4) is 0 Å². The number of hydrogen-bond donors (Lipinski definition) is 0. The SMILES string of the molecule is Cn1ccn2ncc(C(=O)N3CC[C@@]45OCCN4C(=O)C[C@@H]35)c12. The molecule has 5 rings (SSSR count). The van der Waals surface area contributed by atoms with Crippen LogP contribution in [0.1, 0.15) is 23.2 Å². The Morgan fingerprint density at radius 1 is 1.39 bits per heavy atom. The maximum absolute atomic E-state index is 13.1. The minimum atomic E-state index is -0.590. The standard InChI is InChI=1S/C15H17N5O3/c1-17-4-5-20-13(17)10(9-16-20)14(22)18-3-2-15-11(18)8-12(21)19(15)6-7-23-15/h4-5,9,11H,2-3,6-8H2,1H3/t11-,15+/m1/s1. The molecule has 1 spiro atoms. The quantitative estimate of drug-likeness (QED) is 0.733. The van der Waals surface area contributed by atoms with Crippen molar-refractivity contribution in [2.24, 2.45) is 7.05 Å². The molecule has 0 bridgehead atoms. The molecule has 0 aliphatic carbocycles. The molecule has 0 aromatic carbocycles. The van der Waals surface area contributed by atoms with Gasteiger partial charge in [0.05, 0.1) is 25.3 Å². The van der Waals surface area contributed by atoms with Crippen LogP contribution in [0.4, 0.5) is 0 Å². The van der Waals surface area contributed by atoms with Crippen molar-refractivity contribution in [3.63, 3.8) is 0 Å². The summed E-state index contributed by atoms with van der Waals surface area (Å²) in [6.07, 6.45) is 6.33. The summed E-state index contributed by atoms with van der Waals surface area (Å²) in [6.45, 7) is 1.79. The fourth-order valence-corrected chi connectivity index (χ4v) is 4.39. The van der Waals surface area contributed by atoms with E-state index in [1.54, 1.807) is 15.6 Å². The van der Waals surface area contributed by atoms with Crippen molar-refractivity contribution in [1.29, 1.82) is 0 Å². The van der Waals surface area contributed by atoms with Gasteiger partial charge >= 0.3 is 0 Å². The van der Waals surface area contributed by atoms with E-state index in [0.717, 1.165) is 5.65 Å². The van der Waals surface area contributed by atoms with Gasteiger partial charge in [0.2, 0.25) is 5.91 Å². The highest BCUT2D eigenvalue weighted by atomic mass is 16.5. The summed E-state index contributed by atoms with van der Waals surface area (Å²) < 4.78 is 9.51. The van der Waals surface area contributed by atoms with E-state index in [2.05, 4.69) is 5.10 Å². The van der Waals surface area contributed by atoms with Gasteiger partial charge in [0.25, 0.3) is 5.91 Å². The highest BCUT2D eigenvalue weighted by molar-refractivity contribution is 6.00. The number of likely N-dealkylation sites (tertiary alicyclic amines) is 1. The Kier molecular flexibility index (Phi) is 2.36. The van der Waals surface area contributed by atoms with Crippen molar-refractivity contribution in [1.82, 2.24) is 24.0 Å². The van der Waals surface area contributed by atoms with Gasteiger partial charge in [-0.3, -0.25) is 9.59 Å². The van der Waals surface area contributed by atoms with Crippen LogP contribution in [0.25, 0.3) is 5.65 Å². The molecule has 2 amide bonds. The zero-order valence-electron chi connectivity index (χ0n) is 12.8. The molecule has 8 heteroatoms. The van der Waals surface area contributed by atoms with Crippen molar-refractivity contribution in [2.75, 3.05) is 19.7 Å². The van der Waals surface area contributed by atoms with E-state index in [9.17, 15) is 9.59 Å². The first kappa shape index (κ1) is 13.1. The van der Waals surface area contributed by atoms with Crippen LogP contribution in [0, 0.1) is 0 Å². The fraction of sp³-hybridized carbons (Fsp3) is 0.533. The normalized spacial score (nSPS) is 29.6. The van der Waals surface area contributed by atoms with Gasteiger partial charge in [0.1, 0.15) is 11.2 Å². The van der Waals surface area contributed by atoms with Crippen LogP contribution in [0.5, 0.6) is 0 Å². The summed E-state index contributed by atoms with van der Waals surface area (Å²) >= 11 is 0. The number of rotatable bonds is 1. The molecule has 0 unspecified atom stereocenters. The Morgan fingerprint density at radius 3 is 3.13 bits per heavy atom. The largest absolute Gasteiger partial charge is 0.351 e. The van der Waals surface area contributed by atoms with E-state index in [-0.39, 0.29) is 17.9 Å². The van der Waals surface area contributed by atoms with Gasteiger partial charge in [0.15, 0.2) is 5.72 Å². The predicted octanol–water partition coefficient (Wildman–Crippen LogP) is -0.154. The van der Waals surface area contributed by atoms with Gasteiger partial charge in [-0.05, 0) is 0 Å². The highest BCUT2D eigenvalue weighted by Crippen LogP contribution is 2.46. The molecule has 3 aliphatic rings. The van der Waals surface area contributed by atoms with Crippen molar-refractivity contribution in [2.45, 2.75) is 24.6 Å². The molecule has 0 saturated carbocycles. The number of ether oxygens (including phenoxy) is 1. The van der Waals surface area contributed by atoms with E-state index in [0.29, 0.717) is 38.1 Å². The third kappa shape index (κ3) is 1.46. The average Bonchev–Trinajstić information content (AvgIpc) is 3.27. The Labute approximate surface area is 132 Å². The number of amides is 2. The number of nitrogens with zero attached hydrogens (tertiary/aromatic N) is 5. The van der Waals surface area contributed by atoms with Gasteiger partial charge < -0.3 is 19.1 Å². The molecule has 3 aliphatic heterocycles. The molecular formula is C15H17N5O3. The first-order valence-electron chi connectivity index (χ1n) is 7.86. The van der Waals surface area contributed by atoms with Gasteiger partial charge in [-0.15, -0.1) is 0 Å². The minimum absolute atomic E-state index is 0.0752. The molecule has 3 saturated heterocycles. The lowest BCUT2D eigenvalue weighted by Crippen LogP contribution is -2.48. The monoisotopic (exact) mass is 315 g/mol. The van der Waals surface area contributed by atoms with E-state index < -0.39 is 5.72 Å². The summed E-state index contributed by atoms with van der Waals surface area (Å²) in [7, 11) is 1.89. The maximum Gasteiger partial charge on any atom is 0.259 e. The average molecular weight is 315 g/mol. The second-order valence-corrected chi connectivity index (χ2v) is 6.44. The minimum Gasteiger partial charge on any atom is -0.351 e. The summed E-state index contributed by atoms with van der Waals surface area (Å²) in [5.41, 5.74) is 0.746. The Bertz CT molecular complexity index is 839. The Hall–Kier alpha value is -2.35. The zero-order valence-corrected chi connectivity index (χ0v) is 12.8. The second-order valence-electron chi connectivity index (χ2n) is 6.44. The fourth-order valence-electron chi connectivity index (χ4n) is 4.39. The van der Waals surface area contributed by atoms with Crippen LogP contribution in [-0.4, -0.2) is 67.3 Å². The van der Waals surface area contributed by atoms with Gasteiger partial charge in [-0.1, -0.05) is 0 Å². The van der Waals surface area contributed by atoms with Crippen molar-refractivity contribution in [3.05, 3.63) is 24.2 Å². The molecular weight excluding hydrogens is 298 g/mol. The van der Waals surface area contributed by atoms with Gasteiger partial charge in [-0.25, -0.2) is 4.52 Å². The van der Waals surface area contributed by atoms with Crippen LogP contribution in [0.15, 0.2) is 18.6 Å². The number of carbonyl (C=O) groups is 2. The van der Waals surface area contributed by atoms with E-state index >= 15 is 0 Å². The van der Waals surface area contributed by atoms with Gasteiger partial charge in [-0.2, -0.15) is 5.10 Å². The van der Waals surface area contributed by atoms with Crippen LogP contribution >= 0.6 is 0 Å². The van der Waals surface area contributed by atoms with Crippen LogP contribution in [-0.2, 0) is 16.6 Å². The van der Waals surface area contributed by atoms with E-state index in [4.69, 9.17) is 4.74 Å². The second kappa shape index (κ2) is 4.14. The molecule has 2 atom stereocenters.